The van der Waals surface area contributed by atoms with Gasteiger partial charge in [0, 0.05) is 40.7 Å². The fourth-order valence-electron chi connectivity index (χ4n) is 4.53. The molecule has 0 saturated carbocycles. The second-order valence-corrected chi connectivity index (χ2v) is 9.59. The van der Waals surface area contributed by atoms with Crippen LogP contribution in [-0.4, -0.2) is 23.0 Å². The van der Waals surface area contributed by atoms with Crippen molar-refractivity contribution in [2.24, 2.45) is 7.05 Å². The van der Waals surface area contributed by atoms with Gasteiger partial charge in [0.25, 0.3) is 0 Å². The fourth-order valence-corrected chi connectivity index (χ4v) is 4.85. The Kier molecular flexibility index (Phi) is 5.15. The highest BCUT2D eigenvalue weighted by Crippen LogP contribution is 2.35. The van der Waals surface area contributed by atoms with Crippen molar-refractivity contribution in [3.8, 4) is 29.2 Å². The van der Waals surface area contributed by atoms with E-state index >= 15 is 0 Å². The summed E-state index contributed by atoms with van der Waals surface area (Å²) in [5, 5.41) is 1.91. The molecule has 5 rings (SSSR count). The van der Waals surface area contributed by atoms with Crippen LogP contribution in [0.3, 0.4) is 0 Å². The first-order valence-electron chi connectivity index (χ1n) is 10.8. The first kappa shape index (κ1) is 22.6. The van der Waals surface area contributed by atoms with Crippen LogP contribution in [0.1, 0.15) is 30.9 Å². The van der Waals surface area contributed by atoms with E-state index in [2.05, 4.69) is 20.1 Å². The number of pyridine rings is 2. The zero-order chi connectivity index (χ0) is 25.1. The van der Waals surface area contributed by atoms with Crippen molar-refractivity contribution >= 4 is 43.3 Å². The molecule has 9 heteroatoms. The van der Waals surface area contributed by atoms with Gasteiger partial charge in [-0.1, -0.05) is 29.7 Å². The highest BCUT2D eigenvalue weighted by molar-refractivity contribution is 7.81. The molecule has 5 aromatic rings. The summed E-state index contributed by atoms with van der Waals surface area (Å²) in [6.45, 7) is 3.97. The maximum atomic E-state index is 13.7. The number of hydrogen-bond acceptors (Lipinski definition) is 5. The van der Waals surface area contributed by atoms with Gasteiger partial charge in [-0.15, -0.1) is 6.42 Å². The number of aryl methyl sites for hydroxylation is 1. The first-order chi connectivity index (χ1) is 16.6. The second kappa shape index (κ2) is 7.96. The van der Waals surface area contributed by atoms with E-state index in [1.165, 1.54) is 12.3 Å². The molecule has 2 aromatic carbocycles. The number of nitrogens with zero attached hydrogens (tertiary/aromatic N) is 2. The average molecular weight is 490 g/mol. The first-order valence-corrected chi connectivity index (χ1v) is 12.1. The number of halogens is 1. The van der Waals surface area contributed by atoms with Crippen LogP contribution in [0.4, 0.5) is 3.89 Å². The summed E-state index contributed by atoms with van der Waals surface area (Å²) in [5.41, 5.74) is 4.78. The molecule has 7 nitrogen and oxygen atoms in total. The molecule has 0 amide bonds. The lowest BCUT2D eigenvalue weighted by Crippen LogP contribution is -2.10. The summed E-state index contributed by atoms with van der Waals surface area (Å²) in [5.74, 6) is 2.38. The van der Waals surface area contributed by atoms with Crippen LogP contribution in [0.25, 0.3) is 44.0 Å². The Morgan fingerprint density at radius 3 is 2.60 bits per heavy atom. The molecule has 3 heterocycles. The molecule has 0 unspecified atom stereocenters. The third kappa shape index (κ3) is 3.82. The average Bonchev–Trinajstić information content (AvgIpc) is 3.20. The van der Waals surface area contributed by atoms with Gasteiger partial charge in [0.1, 0.15) is 5.65 Å². The lowest BCUT2D eigenvalue weighted by atomic mass is 9.91. The van der Waals surface area contributed by atoms with Crippen molar-refractivity contribution in [3.05, 3.63) is 70.1 Å². The van der Waals surface area contributed by atoms with E-state index in [1.54, 1.807) is 0 Å². The number of aromatic nitrogens is 3. The zero-order valence-corrected chi connectivity index (χ0v) is 19.9. The lowest BCUT2D eigenvalue weighted by Gasteiger charge is -2.17. The molecule has 35 heavy (non-hydrogen) atoms. The topological polar surface area (TPSA) is 94.1 Å². The molecule has 1 N–H and O–H groups in total. The van der Waals surface area contributed by atoms with Gasteiger partial charge < -0.3 is 13.7 Å². The van der Waals surface area contributed by atoms with Gasteiger partial charge in [0.05, 0.1) is 17.1 Å². The Hall–Kier alpha value is -4.16. The molecular formula is C26H20FN3O4S. The molecule has 0 atom stereocenters. The molecule has 0 fully saturated rings. The molecule has 3 aromatic heterocycles. The third-order valence-electron chi connectivity index (χ3n) is 6.12. The quantitative estimate of drug-likeness (QED) is 0.285. The van der Waals surface area contributed by atoms with Gasteiger partial charge >= 0.3 is 10.5 Å². The van der Waals surface area contributed by atoms with Crippen LogP contribution in [0, 0.1) is 12.3 Å². The van der Waals surface area contributed by atoms with Gasteiger partial charge in [-0.2, -0.15) is 8.42 Å². The lowest BCUT2D eigenvalue weighted by molar-refractivity contribution is 0.439. The predicted molar refractivity (Wildman–Crippen MR) is 134 cm³/mol. The van der Waals surface area contributed by atoms with Crippen molar-refractivity contribution in [2.75, 3.05) is 0 Å². The van der Waals surface area contributed by atoms with Crippen LogP contribution in [-0.2, 0) is 17.6 Å². The van der Waals surface area contributed by atoms with Crippen LogP contribution >= 0.6 is 0 Å². The number of rotatable bonds is 4. The smallest absolute Gasteiger partial charge is 0.357 e. The van der Waals surface area contributed by atoms with Crippen molar-refractivity contribution < 1.29 is 16.5 Å². The van der Waals surface area contributed by atoms with Gasteiger partial charge in [0.15, 0.2) is 11.2 Å². The van der Waals surface area contributed by atoms with Gasteiger partial charge in [-0.25, -0.2) is 0 Å². The van der Waals surface area contributed by atoms with Gasteiger partial charge in [-0.3, -0.25) is 9.78 Å². The molecule has 0 aliphatic heterocycles. The number of aromatic amines is 1. The Bertz CT molecular complexity index is 1880. The number of H-pyrrole nitrogens is 1. The minimum absolute atomic E-state index is 0.0189. The molecule has 0 bridgehead atoms. The van der Waals surface area contributed by atoms with E-state index in [0.29, 0.717) is 33.1 Å². The minimum atomic E-state index is -5.19. The maximum Gasteiger partial charge on any atom is 0.488 e. The molecule has 0 radical (unpaired) electrons. The summed E-state index contributed by atoms with van der Waals surface area (Å²) in [4.78, 5) is 21.0. The summed E-state index contributed by atoms with van der Waals surface area (Å²) in [7, 11) is -3.34. The van der Waals surface area contributed by atoms with Crippen molar-refractivity contribution in [1.82, 2.24) is 14.5 Å². The molecular weight excluding hydrogens is 469 g/mol. The van der Waals surface area contributed by atoms with Crippen LogP contribution in [0.2, 0.25) is 0 Å². The highest BCUT2D eigenvalue weighted by atomic mass is 32.3. The van der Waals surface area contributed by atoms with E-state index in [4.69, 9.17) is 6.42 Å². The number of terminal acetylenes is 1. The SMILES string of the molecule is C#Cc1ccc2c(c1)[nH]c1c2c(=O)c2cc(C(C)C)c(-c3cncc(OS(=O)(=O)F)c3)cc2n1C. The summed E-state index contributed by atoms with van der Waals surface area (Å²) < 4.78 is 41.2. The zero-order valence-electron chi connectivity index (χ0n) is 19.1. The number of benzene rings is 2. The summed E-state index contributed by atoms with van der Waals surface area (Å²) in [6.07, 6.45) is 8.19. The Morgan fingerprint density at radius 2 is 1.91 bits per heavy atom. The molecule has 176 valence electrons. The second-order valence-electron chi connectivity index (χ2n) is 8.64. The standard InChI is InChI=1S/C26H20FN3O4S/c1-5-15-6-7-18-22(8-15)29-26-24(18)25(31)21-10-19(14(2)3)20(11-23(21)30(26)4)16-9-17(13-28-12-16)34-35(27,32)33/h1,6-14,29H,2-4H3. The largest absolute Gasteiger partial charge is 0.488 e. The number of hydrogen-bond donors (Lipinski definition) is 1. The Balaban J connectivity index is 1.84. The van der Waals surface area contributed by atoms with Gasteiger partial charge in [0.2, 0.25) is 0 Å². The molecule has 0 aliphatic carbocycles. The monoisotopic (exact) mass is 489 g/mol. The number of nitrogens with one attached hydrogen (secondary N) is 1. The van der Waals surface area contributed by atoms with E-state index in [-0.39, 0.29) is 17.1 Å². The fraction of sp³-hybridized carbons (Fsp3) is 0.154. The van der Waals surface area contributed by atoms with E-state index < -0.39 is 10.5 Å². The van der Waals surface area contributed by atoms with Crippen molar-refractivity contribution in [1.29, 1.82) is 0 Å². The van der Waals surface area contributed by atoms with Crippen LogP contribution < -0.4 is 9.61 Å². The van der Waals surface area contributed by atoms with E-state index in [9.17, 15) is 17.1 Å². The minimum Gasteiger partial charge on any atom is -0.357 e. The predicted octanol–water partition coefficient (Wildman–Crippen LogP) is 4.93. The van der Waals surface area contributed by atoms with Crippen molar-refractivity contribution in [3.63, 3.8) is 0 Å². The third-order valence-corrected chi connectivity index (χ3v) is 6.52. The highest BCUT2D eigenvalue weighted by Gasteiger charge is 2.19. The van der Waals surface area contributed by atoms with Crippen molar-refractivity contribution in [2.45, 2.75) is 19.8 Å². The Labute approximate surface area is 200 Å². The van der Waals surface area contributed by atoms with Crippen LogP contribution in [0.15, 0.2) is 53.6 Å². The molecule has 0 spiro atoms. The van der Waals surface area contributed by atoms with E-state index in [0.717, 1.165) is 28.2 Å². The molecule has 0 aliphatic rings. The number of fused-ring (bicyclic) bond motifs is 4. The summed E-state index contributed by atoms with van der Waals surface area (Å²) >= 11 is 0. The van der Waals surface area contributed by atoms with E-state index in [1.807, 2.05) is 55.8 Å². The summed E-state index contributed by atoms with van der Waals surface area (Å²) in [6, 6.07) is 10.6. The maximum absolute atomic E-state index is 13.7. The molecule has 0 saturated heterocycles. The Morgan fingerprint density at radius 1 is 1.14 bits per heavy atom. The van der Waals surface area contributed by atoms with Crippen LogP contribution in [0.5, 0.6) is 5.75 Å². The van der Waals surface area contributed by atoms with Gasteiger partial charge in [-0.05, 0) is 47.4 Å². The normalized spacial score (nSPS) is 12.0.